The number of carboxylic acid groups (broad SMARTS) is 1. The molecule has 1 saturated heterocycles. The fraction of sp³-hybridized carbons (Fsp3) is 0.857. The van der Waals surface area contributed by atoms with E-state index in [0.29, 0.717) is 13.0 Å². The summed E-state index contributed by atoms with van der Waals surface area (Å²) in [7, 11) is 1.59. The highest BCUT2D eigenvalue weighted by molar-refractivity contribution is 5.82. The van der Waals surface area contributed by atoms with Gasteiger partial charge < -0.3 is 20.2 Å². The Hall–Kier alpha value is -1.30. The Balaban J connectivity index is 2.78. The monoisotopic (exact) mass is 285 g/mol. The van der Waals surface area contributed by atoms with Gasteiger partial charge in [0.2, 0.25) is 0 Å². The van der Waals surface area contributed by atoms with Crippen molar-refractivity contribution in [3.8, 4) is 0 Å². The average molecular weight is 285 g/mol. The van der Waals surface area contributed by atoms with Gasteiger partial charge in [-0.1, -0.05) is 13.8 Å². The van der Waals surface area contributed by atoms with Crippen LogP contribution in [0.25, 0.3) is 0 Å². The number of hydrogen-bond acceptors (Lipinski definition) is 3. The number of amides is 2. The highest BCUT2D eigenvalue weighted by Crippen LogP contribution is 2.16. The number of hydrogen-bond donors (Lipinski definition) is 2. The highest BCUT2D eigenvalue weighted by Gasteiger charge is 2.31. The number of aliphatic carboxylic acids is 1. The number of carbonyl (C=O) groups excluding carboxylic acids is 1. The molecule has 1 unspecified atom stereocenters. The van der Waals surface area contributed by atoms with E-state index >= 15 is 0 Å². The second kappa shape index (κ2) is 8.09. The van der Waals surface area contributed by atoms with Crippen LogP contribution in [0.2, 0.25) is 0 Å². The van der Waals surface area contributed by atoms with Crippen LogP contribution in [-0.4, -0.2) is 65.7 Å². The third-order valence-corrected chi connectivity index (χ3v) is 3.90. The van der Waals surface area contributed by atoms with Crippen molar-refractivity contribution in [1.82, 2.24) is 15.1 Å². The summed E-state index contributed by atoms with van der Waals surface area (Å²) >= 11 is 0. The molecule has 2 N–H and O–H groups in total. The Morgan fingerprint density at radius 1 is 1.30 bits per heavy atom. The zero-order chi connectivity index (χ0) is 15.1. The molecule has 0 bridgehead atoms. The van der Waals surface area contributed by atoms with Gasteiger partial charge in [0.25, 0.3) is 0 Å². The van der Waals surface area contributed by atoms with Gasteiger partial charge in [-0.05, 0) is 38.8 Å². The number of urea groups is 1. The molecule has 1 aliphatic heterocycles. The van der Waals surface area contributed by atoms with Crippen LogP contribution in [0.5, 0.6) is 0 Å². The Morgan fingerprint density at radius 2 is 1.90 bits per heavy atom. The molecule has 1 aliphatic rings. The van der Waals surface area contributed by atoms with Crippen molar-refractivity contribution in [3.63, 3.8) is 0 Å². The van der Waals surface area contributed by atoms with E-state index in [1.165, 1.54) is 4.90 Å². The third-order valence-electron chi connectivity index (χ3n) is 3.90. The molecule has 0 aromatic rings. The van der Waals surface area contributed by atoms with Gasteiger partial charge in [-0.25, -0.2) is 9.59 Å². The molecule has 1 heterocycles. The summed E-state index contributed by atoms with van der Waals surface area (Å²) in [5.74, 6) is -0.940. The lowest BCUT2D eigenvalue weighted by atomic mass is 10.0. The van der Waals surface area contributed by atoms with E-state index in [1.807, 2.05) is 11.8 Å². The van der Waals surface area contributed by atoms with Crippen LogP contribution >= 0.6 is 0 Å². The summed E-state index contributed by atoms with van der Waals surface area (Å²) in [4.78, 5) is 27.0. The first-order chi connectivity index (χ1) is 9.52. The first-order valence-corrected chi connectivity index (χ1v) is 7.49. The van der Waals surface area contributed by atoms with Crippen molar-refractivity contribution in [3.05, 3.63) is 0 Å². The van der Waals surface area contributed by atoms with Crippen molar-refractivity contribution in [2.24, 2.45) is 0 Å². The van der Waals surface area contributed by atoms with Crippen molar-refractivity contribution in [2.45, 2.75) is 51.6 Å². The van der Waals surface area contributed by atoms with E-state index in [4.69, 9.17) is 0 Å². The van der Waals surface area contributed by atoms with Crippen LogP contribution in [0.3, 0.4) is 0 Å². The van der Waals surface area contributed by atoms with Gasteiger partial charge in [0.15, 0.2) is 0 Å². The summed E-state index contributed by atoms with van der Waals surface area (Å²) in [5, 5.41) is 12.5. The quantitative estimate of drug-likeness (QED) is 0.773. The van der Waals surface area contributed by atoms with E-state index < -0.39 is 12.0 Å². The third kappa shape index (κ3) is 4.10. The van der Waals surface area contributed by atoms with Gasteiger partial charge in [-0.15, -0.1) is 0 Å². The molecule has 0 radical (unpaired) electrons. The second-order valence-electron chi connectivity index (χ2n) is 5.33. The first kappa shape index (κ1) is 16.8. The lowest BCUT2D eigenvalue weighted by molar-refractivity contribution is -0.142. The maximum Gasteiger partial charge on any atom is 0.326 e. The van der Waals surface area contributed by atoms with Crippen LogP contribution in [-0.2, 0) is 4.79 Å². The number of nitrogens with zero attached hydrogens (tertiary/aromatic N) is 2. The predicted octanol–water partition coefficient (Wildman–Crippen LogP) is 1.37. The Morgan fingerprint density at radius 3 is 2.35 bits per heavy atom. The highest BCUT2D eigenvalue weighted by atomic mass is 16.4. The molecule has 6 nitrogen and oxygen atoms in total. The lowest BCUT2D eigenvalue weighted by Gasteiger charge is -2.38. The minimum absolute atomic E-state index is 0.159. The molecule has 6 heteroatoms. The molecular formula is C14H27N3O3. The maximum absolute atomic E-state index is 12.6. The van der Waals surface area contributed by atoms with Gasteiger partial charge in [-0.3, -0.25) is 0 Å². The SMILES string of the molecule is CCCN(C(=O)N(C)C(CC)C(=O)O)C1CCNCC1. The van der Waals surface area contributed by atoms with Crippen LogP contribution in [0, 0.1) is 0 Å². The van der Waals surface area contributed by atoms with E-state index in [-0.39, 0.29) is 12.1 Å². The van der Waals surface area contributed by atoms with Crippen LogP contribution in [0.1, 0.15) is 39.5 Å². The van der Waals surface area contributed by atoms with Gasteiger partial charge in [0.05, 0.1) is 0 Å². The molecule has 1 fully saturated rings. The molecule has 2 amide bonds. The van der Waals surface area contributed by atoms with E-state index in [1.54, 1.807) is 14.0 Å². The van der Waals surface area contributed by atoms with Crippen molar-refractivity contribution < 1.29 is 14.7 Å². The van der Waals surface area contributed by atoms with Crippen molar-refractivity contribution in [1.29, 1.82) is 0 Å². The van der Waals surface area contributed by atoms with Gasteiger partial charge in [0, 0.05) is 19.6 Å². The van der Waals surface area contributed by atoms with Crippen molar-refractivity contribution in [2.75, 3.05) is 26.7 Å². The number of carbonyl (C=O) groups is 2. The van der Waals surface area contributed by atoms with Crippen molar-refractivity contribution >= 4 is 12.0 Å². The Labute approximate surface area is 121 Å². The number of likely N-dealkylation sites (N-methyl/N-ethyl adjacent to an activating group) is 1. The van der Waals surface area contributed by atoms with E-state index in [0.717, 1.165) is 32.4 Å². The standard InChI is InChI=1S/C14H27N3O3/c1-4-10-17(11-6-8-15-9-7-11)14(20)16(3)12(5-2)13(18)19/h11-12,15H,4-10H2,1-3H3,(H,18,19). The summed E-state index contributed by atoms with van der Waals surface area (Å²) in [6, 6.07) is -0.686. The topological polar surface area (TPSA) is 72.9 Å². The zero-order valence-electron chi connectivity index (χ0n) is 12.8. The van der Waals surface area contributed by atoms with Crippen LogP contribution in [0.15, 0.2) is 0 Å². The second-order valence-corrected chi connectivity index (χ2v) is 5.33. The molecule has 1 atom stereocenters. The first-order valence-electron chi connectivity index (χ1n) is 7.49. The Kier molecular flexibility index (Phi) is 6.78. The number of rotatable bonds is 6. The fourth-order valence-electron chi connectivity index (χ4n) is 2.74. The minimum atomic E-state index is -0.940. The summed E-state index contributed by atoms with van der Waals surface area (Å²) in [6.07, 6.45) is 3.17. The maximum atomic E-state index is 12.6. The van der Waals surface area contributed by atoms with Gasteiger partial charge in [0.1, 0.15) is 6.04 Å². The summed E-state index contributed by atoms with van der Waals surface area (Å²) < 4.78 is 0. The average Bonchev–Trinajstić information content (AvgIpc) is 2.45. The number of nitrogens with one attached hydrogen (secondary N) is 1. The zero-order valence-corrected chi connectivity index (χ0v) is 12.8. The van der Waals surface area contributed by atoms with Crippen LogP contribution in [0.4, 0.5) is 4.79 Å². The van der Waals surface area contributed by atoms with E-state index in [9.17, 15) is 14.7 Å². The normalized spacial score (nSPS) is 17.6. The minimum Gasteiger partial charge on any atom is -0.480 e. The van der Waals surface area contributed by atoms with Gasteiger partial charge in [-0.2, -0.15) is 0 Å². The largest absolute Gasteiger partial charge is 0.480 e. The Bertz CT molecular complexity index is 330. The molecule has 0 spiro atoms. The lowest BCUT2D eigenvalue weighted by Crippen LogP contribution is -2.54. The van der Waals surface area contributed by atoms with Gasteiger partial charge >= 0.3 is 12.0 Å². The molecular weight excluding hydrogens is 258 g/mol. The molecule has 116 valence electrons. The van der Waals surface area contributed by atoms with E-state index in [2.05, 4.69) is 5.32 Å². The molecule has 0 aliphatic carbocycles. The smallest absolute Gasteiger partial charge is 0.326 e. The fourth-order valence-corrected chi connectivity index (χ4v) is 2.74. The number of carboxylic acids is 1. The summed E-state index contributed by atoms with van der Waals surface area (Å²) in [6.45, 7) is 6.34. The molecule has 0 aromatic heterocycles. The molecule has 20 heavy (non-hydrogen) atoms. The predicted molar refractivity (Wildman–Crippen MR) is 77.8 cm³/mol. The van der Waals surface area contributed by atoms with Crippen LogP contribution < -0.4 is 5.32 Å². The molecule has 0 saturated carbocycles. The number of piperidine rings is 1. The summed E-state index contributed by atoms with van der Waals surface area (Å²) in [5.41, 5.74) is 0. The molecule has 0 aromatic carbocycles. The molecule has 1 rings (SSSR count).